The van der Waals surface area contributed by atoms with Gasteiger partial charge in [-0.2, -0.15) is 0 Å². The summed E-state index contributed by atoms with van der Waals surface area (Å²) in [7, 11) is 1.77. The van der Waals surface area contributed by atoms with E-state index in [0.717, 1.165) is 24.8 Å². The van der Waals surface area contributed by atoms with Crippen LogP contribution in [0.25, 0.3) is 0 Å². The van der Waals surface area contributed by atoms with Crippen molar-refractivity contribution in [1.82, 2.24) is 10.2 Å². The van der Waals surface area contributed by atoms with Gasteiger partial charge in [-0.15, -0.1) is 0 Å². The second kappa shape index (κ2) is 8.89. The van der Waals surface area contributed by atoms with Crippen molar-refractivity contribution in [1.29, 1.82) is 0 Å². The third kappa shape index (κ3) is 5.22. The van der Waals surface area contributed by atoms with Crippen LogP contribution in [0.2, 0.25) is 0 Å². The molecule has 128 valence electrons. The highest BCUT2D eigenvalue weighted by Crippen LogP contribution is 2.26. The van der Waals surface area contributed by atoms with Crippen molar-refractivity contribution in [3.05, 3.63) is 35.9 Å². The highest BCUT2D eigenvalue weighted by molar-refractivity contribution is 5.73. The molecule has 0 saturated heterocycles. The maximum Gasteiger partial charge on any atom is 0.317 e. The number of aliphatic hydroxyl groups is 2. The quantitative estimate of drug-likeness (QED) is 0.719. The number of hydrogen-bond acceptors (Lipinski definition) is 3. The Bertz CT molecular complexity index is 480. The number of urea groups is 1. The van der Waals surface area contributed by atoms with Gasteiger partial charge < -0.3 is 20.4 Å². The Hall–Kier alpha value is -1.59. The molecule has 1 fully saturated rings. The van der Waals surface area contributed by atoms with E-state index < -0.39 is 0 Å². The first-order chi connectivity index (χ1) is 11.1. The first-order valence-electron chi connectivity index (χ1n) is 8.44. The molecule has 5 heteroatoms. The van der Waals surface area contributed by atoms with E-state index in [1.807, 2.05) is 30.3 Å². The van der Waals surface area contributed by atoms with E-state index in [4.69, 9.17) is 0 Å². The molecule has 23 heavy (non-hydrogen) atoms. The average Bonchev–Trinajstić information content (AvgIpc) is 2.97. The normalized spacial score (nSPS) is 21.9. The summed E-state index contributed by atoms with van der Waals surface area (Å²) in [6.45, 7) is 1.18. The maximum absolute atomic E-state index is 12.2. The van der Waals surface area contributed by atoms with Crippen LogP contribution in [-0.4, -0.2) is 54.0 Å². The van der Waals surface area contributed by atoms with Gasteiger partial charge in [0.05, 0.1) is 6.10 Å². The van der Waals surface area contributed by atoms with Gasteiger partial charge in [-0.05, 0) is 24.8 Å². The van der Waals surface area contributed by atoms with Crippen LogP contribution < -0.4 is 5.32 Å². The third-order valence-corrected chi connectivity index (χ3v) is 4.72. The molecule has 1 aromatic carbocycles. The molecule has 1 aromatic rings. The highest BCUT2D eigenvalue weighted by atomic mass is 16.3. The van der Waals surface area contributed by atoms with Gasteiger partial charge in [-0.1, -0.05) is 36.8 Å². The van der Waals surface area contributed by atoms with Gasteiger partial charge in [0.25, 0.3) is 0 Å². The molecular weight excluding hydrogens is 292 g/mol. The molecule has 1 saturated carbocycles. The van der Waals surface area contributed by atoms with Crippen molar-refractivity contribution in [2.75, 3.05) is 26.7 Å². The summed E-state index contributed by atoms with van der Waals surface area (Å²) in [5.74, 6) is 0.295. The second-order valence-electron chi connectivity index (χ2n) is 6.44. The van der Waals surface area contributed by atoms with Crippen LogP contribution in [0.5, 0.6) is 0 Å². The fraction of sp³-hybridized carbons (Fsp3) is 0.611. The molecule has 0 aliphatic heterocycles. The molecule has 0 aromatic heterocycles. The molecule has 3 atom stereocenters. The summed E-state index contributed by atoms with van der Waals surface area (Å²) < 4.78 is 0. The molecule has 3 unspecified atom stereocenters. The van der Waals surface area contributed by atoms with E-state index in [1.165, 1.54) is 0 Å². The molecule has 0 bridgehead atoms. The zero-order valence-corrected chi connectivity index (χ0v) is 13.8. The van der Waals surface area contributed by atoms with Crippen molar-refractivity contribution in [2.24, 2.45) is 5.92 Å². The number of amides is 2. The number of nitrogens with one attached hydrogen (secondary N) is 1. The predicted molar refractivity (Wildman–Crippen MR) is 90.3 cm³/mol. The molecule has 1 aliphatic carbocycles. The molecule has 0 spiro atoms. The predicted octanol–water partition coefficient (Wildman–Crippen LogP) is 1.95. The fourth-order valence-electron chi connectivity index (χ4n) is 3.28. The van der Waals surface area contributed by atoms with E-state index in [9.17, 15) is 15.0 Å². The minimum Gasteiger partial charge on any atom is -0.396 e. The summed E-state index contributed by atoms with van der Waals surface area (Å²) in [6.07, 6.45) is 3.20. The van der Waals surface area contributed by atoms with Gasteiger partial charge in [0.15, 0.2) is 0 Å². The number of nitrogens with zero attached hydrogens (tertiary/aromatic N) is 1. The monoisotopic (exact) mass is 320 g/mol. The average molecular weight is 320 g/mol. The van der Waals surface area contributed by atoms with Gasteiger partial charge in [0.1, 0.15) is 0 Å². The number of aliphatic hydroxyl groups excluding tert-OH is 2. The Balaban J connectivity index is 1.83. The lowest BCUT2D eigenvalue weighted by Crippen LogP contribution is -2.42. The summed E-state index contributed by atoms with van der Waals surface area (Å²) in [4.78, 5) is 13.9. The highest BCUT2D eigenvalue weighted by Gasteiger charge is 2.27. The first-order valence-corrected chi connectivity index (χ1v) is 8.44. The first kappa shape index (κ1) is 17.8. The Morgan fingerprint density at radius 1 is 1.35 bits per heavy atom. The maximum atomic E-state index is 12.2. The number of benzene rings is 1. The molecular formula is C18H28N2O3. The Labute approximate surface area is 138 Å². The topological polar surface area (TPSA) is 72.8 Å². The van der Waals surface area contributed by atoms with Crippen molar-refractivity contribution in [3.63, 3.8) is 0 Å². The molecule has 2 amide bonds. The van der Waals surface area contributed by atoms with E-state index >= 15 is 0 Å². The minimum absolute atomic E-state index is 0.0968. The van der Waals surface area contributed by atoms with Gasteiger partial charge in [0, 0.05) is 38.6 Å². The number of hydrogen-bond donors (Lipinski definition) is 3. The Morgan fingerprint density at radius 3 is 2.70 bits per heavy atom. The SMILES string of the molecule is CN(CC1CCCC1O)C(=O)NCC(CCO)c1ccccc1. The molecule has 5 nitrogen and oxygen atoms in total. The second-order valence-corrected chi connectivity index (χ2v) is 6.44. The summed E-state index contributed by atoms with van der Waals surface area (Å²) in [5.41, 5.74) is 1.12. The van der Waals surface area contributed by atoms with Crippen molar-refractivity contribution in [2.45, 2.75) is 37.7 Å². The van der Waals surface area contributed by atoms with Crippen LogP contribution in [0.4, 0.5) is 4.79 Å². The van der Waals surface area contributed by atoms with Crippen LogP contribution in [0.3, 0.4) is 0 Å². The zero-order valence-electron chi connectivity index (χ0n) is 13.8. The number of carbonyl (C=O) groups excluding carboxylic acids is 1. The van der Waals surface area contributed by atoms with Crippen LogP contribution in [0.15, 0.2) is 30.3 Å². The molecule has 1 aliphatic rings. The standard InChI is InChI=1S/C18H28N2O3/c1-20(13-16-8-5-9-17(16)22)18(23)19-12-15(10-11-21)14-6-3-2-4-7-14/h2-4,6-7,15-17,21-22H,5,8-13H2,1H3,(H,19,23). The number of carbonyl (C=O) groups is 1. The lowest BCUT2D eigenvalue weighted by molar-refractivity contribution is 0.114. The third-order valence-electron chi connectivity index (χ3n) is 4.72. The smallest absolute Gasteiger partial charge is 0.317 e. The molecule has 2 rings (SSSR count). The van der Waals surface area contributed by atoms with E-state index in [1.54, 1.807) is 11.9 Å². The van der Waals surface area contributed by atoms with Crippen molar-refractivity contribution >= 4 is 6.03 Å². The van der Waals surface area contributed by atoms with Crippen LogP contribution in [-0.2, 0) is 0 Å². The lowest BCUT2D eigenvalue weighted by Gasteiger charge is -2.25. The zero-order chi connectivity index (χ0) is 16.7. The van der Waals surface area contributed by atoms with Gasteiger partial charge in [-0.3, -0.25) is 0 Å². The Morgan fingerprint density at radius 2 is 2.09 bits per heavy atom. The van der Waals surface area contributed by atoms with E-state index in [0.29, 0.717) is 19.5 Å². The lowest BCUT2D eigenvalue weighted by atomic mass is 9.96. The van der Waals surface area contributed by atoms with Gasteiger partial charge >= 0.3 is 6.03 Å². The molecule has 3 N–H and O–H groups in total. The van der Waals surface area contributed by atoms with Crippen LogP contribution >= 0.6 is 0 Å². The molecule has 0 radical (unpaired) electrons. The van der Waals surface area contributed by atoms with E-state index in [2.05, 4.69) is 5.32 Å². The summed E-state index contributed by atoms with van der Waals surface area (Å²) in [5, 5.41) is 22.1. The van der Waals surface area contributed by atoms with Gasteiger partial charge in [-0.25, -0.2) is 4.79 Å². The minimum atomic E-state index is -0.281. The van der Waals surface area contributed by atoms with E-state index in [-0.39, 0.29) is 30.6 Å². The van der Waals surface area contributed by atoms with Crippen LogP contribution in [0.1, 0.15) is 37.2 Å². The summed E-state index contributed by atoms with van der Waals surface area (Å²) >= 11 is 0. The largest absolute Gasteiger partial charge is 0.396 e. The van der Waals surface area contributed by atoms with Gasteiger partial charge in [0.2, 0.25) is 0 Å². The fourth-order valence-corrected chi connectivity index (χ4v) is 3.28. The van der Waals surface area contributed by atoms with Crippen LogP contribution in [0, 0.1) is 5.92 Å². The van der Waals surface area contributed by atoms with Crippen molar-refractivity contribution < 1.29 is 15.0 Å². The Kier molecular flexibility index (Phi) is 6.86. The molecule has 0 heterocycles. The van der Waals surface area contributed by atoms with Crippen molar-refractivity contribution in [3.8, 4) is 0 Å². The summed E-state index contributed by atoms with van der Waals surface area (Å²) in [6, 6.07) is 9.81. The number of rotatable bonds is 7.